The average molecular weight is 353 g/mol. The van der Waals surface area contributed by atoms with Gasteiger partial charge in [0.1, 0.15) is 11.5 Å². The fraction of sp³-hybridized carbons (Fsp3) is 0.409. The maximum absolute atomic E-state index is 12.8. The molecule has 2 aromatic carbocycles. The molecule has 0 saturated carbocycles. The second-order valence-corrected chi connectivity index (χ2v) is 6.79. The first-order valence-electron chi connectivity index (χ1n) is 9.25. The summed E-state index contributed by atoms with van der Waals surface area (Å²) in [6.07, 6.45) is 4.34. The van der Waals surface area contributed by atoms with Crippen LogP contribution >= 0.6 is 0 Å². The number of methoxy groups -OCH3 is 2. The highest BCUT2D eigenvalue weighted by molar-refractivity contribution is 5.77. The van der Waals surface area contributed by atoms with Crippen LogP contribution in [0.15, 0.2) is 48.5 Å². The smallest absolute Gasteiger partial charge is 0.223 e. The van der Waals surface area contributed by atoms with E-state index in [1.165, 1.54) is 5.56 Å². The topological polar surface area (TPSA) is 38.8 Å². The van der Waals surface area contributed by atoms with Crippen LogP contribution in [-0.2, 0) is 17.6 Å². The number of aryl methyl sites for hydroxylation is 1. The quantitative estimate of drug-likeness (QED) is 0.758. The van der Waals surface area contributed by atoms with Gasteiger partial charge in [0.05, 0.1) is 14.2 Å². The Hall–Kier alpha value is -2.49. The van der Waals surface area contributed by atoms with Crippen molar-refractivity contribution in [2.24, 2.45) is 0 Å². The Balaban J connectivity index is 1.60. The van der Waals surface area contributed by atoms with Gasteiger partial charge in [-0.15, -0.1) is 0 Å². The van der Waals surface area contributed by atoms with Crippen molar-refractivity contribution in [1.82, 2.24) is 4.90 Å². The van der Waals surface area contributed by atoms with Crippen molar-refractivity contribution >= 4 is 5.91 Å². The first-order chi connectivity index (χ1) is 12.7. The second kappa shape index (κ2) is 8.75. The molecule has 1 amide bonds. The summed E-state index contributed by atoms with van der Waals surface area (Å²) in [6, 6.07) is 16.6. The lowest BCUT2D eigenvalue weighted by molar-refractivity contribution is -0.131. The first kappa shape index (κ1) is 18.3. The van der Waals surface area contributed by atoms with Gasteiger partial charge < -0.3 is 14.4 Å². The molecule has 1 atom stereocenters. The van der Waals surface area contributed by atoms with Gasteiger partial charge >= 0.3 is 0 Å². The molecule has 1 saturated heterocycles. The van der Waals surface area contributed by atoms with E-state index in [0.717, 1.165) is 42.9 Å². The Kier molecular flexibility index (Phi) is 6.16. The second-order valence-electron chi connectivity index (χ2n) is 6.79. The highest BCUT2D eigenvalue weighted by Crippen LogP contribution is 2.25. The Labute approximate surface area is 155 Å². The van der Waals surface area contributed by atoms with Crippen LogP contribution in [0.25, 0.3) is 0 Å². The Morgan fingerprint density at radius 1 is 1.04 bits per heavy atom. The summed E-state index contributed by atoms with van der Waals surface area (Å²) in [5.41, 5.74) is 2.36. The highest BCUT2D eigenvalue weighted by atomic mass is 16.5. The van der Waals surface area contributed by atoms with E-state index < -0.39 is 0 Å². The number of nitrogens with zero attached hydrogens (tertiary/aromatic N) is 1. The number of carbonyl (C=O) groups is 1. The van der Waals surface area contributed by atoms with Gasteiger partial charge in [-0.1, -0.05) is 30.3 Å². The van der Waals surface area contributed by atoms with Crippen molar-refractivity contribution in [3.63, 3.8) is 0 Å². The van der Waals surface area contributed by atoms with E-state index in [-0.39, 0.29) is 5.91 Å². The predicted octanol–water partition coefficient (Wildman–Crippen LogP) is 3.87. The molecule has 4 nitrogen and oxygen atoms in total. The molecule has 0 radical (unpaired) electrons. The molecule has 2 aromatic rings. The molecule has 0 N–H and O–H groups in total. The zero-order valence-electron chi connectivity index (χ0n) is 15.6. The minimum atomic E-state index is 0.241. The van der Waals surface area contributed by atoms with Crippen LogP contribution in [0.2, 0.25) is 0 Å². The number of hydrogen-bond acceptors (Lipinski definition) is 3. The van der Waals surface area contributed by atoms with Gasteiger partial charge in [0.25, 0.3) is 0 Å². The molecule has 0 aliphatic carbocycles. The van der Waals surface area contributed by atoms with Gasteiger partial charge in [-0.25, -0.2) is 0 Å². The van der Waals surface area contributed by atoms with Gasteiger partial charge in [-0.3, -0.25) is 4.79 Å². The standard InChI is InChI=1S/C22H27NO3/c1-25-20-14-18(15-21(16-20)26-2)10-11-22(24)23-12-6-9-19(23)13-17-7-4-3-5-8-17/h3-5,7-8,14-16,19H,6,9-13H2,1-2H3. The van der Waals surface area contributed by atoms with E-state index in [1.54, 1.807) is 14.2 Å². The van der Waals surface area contributed by atoms with Crippen LogP contribution in [0.5, 0.6) is 11.5 Å². The van der Waals surface area contributed by atoms with Crippen LogP contribution in [0.4, 0.5) is 0 Å². The molecule has 1 fully saturated rings. The zero-order valence-corrected chi connectivity index (χ0v) is 15.6. The monoisotopic (exact) mass is 353 g/mol. The summed E-state index contributed by atoms with van der Waals surface area (Å²) in [5.74, 6) is 1.76. The normalized spacial score (nSPS) is 16.5. The molecule has 3 rings (SSSR count). The Bertz CT molecular complexity index is 707. The van der Waals surface area contributed by atoms with Gasteiger partial charge in [0.2, 0.25) is 5.91 Å². The van der Waals surface area contributed by atoms with Crippen molar-refractivity contribution in [1.29, 1.82) is 0 Å². The molecule has 1 aliphatic rings. The number of hydrogen-bond donors (Lipinski definition) is 0. The van der Waals surface area contributed by atoms with Crippen molar-refractivity contribution < 1.29 is 14.3 Å². The summed E-state index contributed by atoms with van der Waals surface area (Å²) in [5, 5.41) is 0. The molecule has 1 unspecified atom stereocenters. The van der Waals surface area contributed by atoms with E-state index in [9.17, 15) is 4.79 Å². The van der Waals surface area contributed by atoms with Crippen LogP contribution in [0.1, 0.15) is 30.4 Å². The van der Waals surface area contributed by atoms with E-state index in [1.807, 2.05) is 24.3 Å². The van der Waals surface area contributed by atoms with Crippen molar-refractivity contribution in [3.8, 4) is 11.5 Å². The van der Waals surface area contributed by atoms with Gasteiger partial charge in [-0.2, -0.15) is 0 Å². The molecule has 0 spiro atoms. The van der Waals surface area contributed by atoms with Crippen LogP contribution < -0.4 is 9.47 Å². The summed E-state index contributed by atoms with van der Waals surface area (Å²) >= 11 is 0. The minimum absolute atomic E-state index is 0.241. The number of carbonyl (C=O) groups excluding carboxylic acids is 1. The van der Waals surface area contributed by atoms with Crippen LogP contribution in [0.3, 0.4) is 0 Å². The predicted molar refractivity (Wildman–Crippen MR) is 103 cm³/mol. The van der Waals surface area contributed by atoms with Crippen LogP contribution in [0, 0.1) is 0 Å². The fourth-order valence-corrected chi connectivity index (χ4v) is 3.67. The minimum Gasteiger partial charge on any atom is -0.497 e. The molecule has 0 bridgehead atoms. The molecular formula is C22H27NO3. The highest BCUT2D eigenvalue weighted by Gasteiger charge is 2.28. The first-order valence-corrected chi connectivity index (χ1v) is 9.25. The van der Waals surface area contributed by atoms with Crippen LogP contribution in [-0.4, -0.2) is 37.6 Å². The summed E-state index contributed by atoms with van der Waals surface area (Å²) in [4.78, 5) is 14.9. The number of ether oxygens (including phenoxy) is 2. The molecule has 0 aromatic heterocycles. The third-order valence-electron chi connectivity index (χ3n) is 5.05. The number of rotatable bonds is 7. The molecule has 1 aliphatic heterocycles. The molecule has 138 valence electrons. The summed E-state index contributed by atoms with van der Waals surface area (Å²) in [6.45, 7) is 0.873. The van der Waals surface area contributed by atoms with E-state index >= 15 is 0 Å². The maximum atomic E-state index is 12.8. The largest absolute Gasteiger partial charge is 0.497 e. The average Bonchev–Trinajstić information content (AvgIpc) is 3.14. The van der Waals surface area contributed by atoms with E-state index in [4.69, 9.17) is 9.47 Å². The lowest BCUT2D eigenvalue weighted by atomic mass is 10.0. The lowest BCUT2D eigenvalue weighted by Crippen LogP contribution is -2.36. The third-order valence-corrected chi connectivity index (χ3v) is 5.05. The molecular weight excluding hydrogens is 326 g/mol. The SMILES string of the molecule is COc1cc(CCC(=O)N2CCCC2Cc2ccccc2)cc(OC)c1. The lowest BCUT2D eigenvalue weighted by Gasteiger charge is -2.25. The number of amides is 1. The number of likely N-dealkylation sites (tertiary alicyclic amines) is 1. The number of benzene rings is 2. The van der Waals surface area contributed by atoms with Gasteiger partial charge in [0, 0.05) is 25.1 Å². The maximum Gasteiger partial charge on any atom is 0.223 e. The summed E-state index contributed by atoms with van der Waals surface area (Å²) in [7, 11) is 3.28. The molecule has 4 heteroatoms. The Morgan fingerprint density at radius 2 is 1.73 bits per heavy atom. The van der Waals surface area contributed by atoms with Gasteiger partial charge in [-0.05, 0) is 48.9 Å². The van der Waals surface area contributed by atoms with Gasteiger partial charge in [0.15, 0.2) is 0 Å². The van der Waals surface area contributed by atoms with Crippen molar-refractivity contribution in [2.75, 3.05) is 20.8 Å². The van der Waals surface area contributed by atoms with E-state index in [0.29, 0.717) is 18.9 Å². The zero-order chi connectivity index (χ0) is 18.4. The van der Waals surface area contributed by atoms with E-state index in [2.05, 4.69) is 29.2 Å². The Morgan fingerprint density at radius 3 is 2.38 bits per heavy atom. The summed E-state index contributed by atoms with van der Waals surface area (Å²) < 4.78 is 10.6. The van der Waals surface area contributed by atoms with Crippen molar-refractivity contribution in [3.05, 3.63) is 59.7 Å². The molecule has 1 heterocycles. The fourth-order valence-electron chi connectivity index (χ4n) is 3.67. The molecule has 26 heavy (non-hydrogen) atoms. The third kappa shape index (κ3) is 4.57. The van der Waals surface area contributed by atoms with Crippen molar-refractivity contribution in [2.45, 2.75) is 38.1 Å².